The number of hydrogen-bond acceptors (Lipinski definition) is 5. The third-order valence-corrected chi connectivity index (χ3v) is 3.71. The molecule has 7 heteroatoms. The third-order valence-electron chi connectivity index (χ3n) is 3.71. The van der Waals surface area contributed by atoms with E-state index in [0.717, 1.165) is 31.9 Å². The molecule has 0 atom stereocenters. The Bertz CT molecular complexity index is 637. The molecule has 1 saturated heterocycles. The van der Waals surface area contributed by atoms with E-state index in [1.807, 2.05) is 30.3 Å². The van der Waals surface area contributed by atoms with Crippen molar-refractivity contribution in [2.75, 3.05) is 48.8 Å². The lowest BCUT2D eigenvalue weighted by atomic mass is 10.3. The molecule has 120 valence electrons. The van der Waals surface area contributed by atoms with Crippen molar-refractivity contribution in [2.45, 2.75) is 0 Å². The number of carbonyl (C=O) groups is 1. The molecular formula is C16H20N6O. The maximum absolute atomic E-state index is 11.9. The van der Waals surface area contributed by atoms with Gasteiger partial charge < -0.3 is 20.4 Å². The Morgan fingerprint density at radius 3 is 2.22 bits per heavy atom. The van der Waals surface area contributed by atoms with Crippen LogP contribution in [-0.4, -0.2) is 54.1 Å². The number of piperazine rings is 1. The van der Waals surface area contributed by atoms with Gasteiger partial charge in [-0.1, -0.05) is 18.2 Å². The summed E-state index contributed by atoms with van der Waals surface area (Å²) in [6.45, 7) is 3.83. The van der Waals surface area contributed by atoms with Gasteiger partial charge in [-0.25, -0.2) is 14.8 Å². The summed E-state index contributed by atoms with van der Waals surface area (Å²) in [4.78, 5) is 25.0. The van der Waals surface area contributed by atoms with Crippen LogP contribution in [0.5, 0.6) is 0 Å². The SMILES string of the molecule is CN1CCN(c2ncc(NC(=O)Nc3ccccc3)cn2)CC1. The molecule has 23 heavy (non-hydrogen) atoms. The smallest absolute Gasteiger partial charge is 0.323 e. The van der Waals surface area contributed by atoms with E-state index in [1.165, 1.54) is 0 Å². The highest BCUT2D eigenvalue weighted by Gasteiger charge is 2.16. The van der Waals surface area contributed by atoms with Crippen molar-refractivity contribution < 1.29 is 4.79 Å². The Morgan fingerprint density at radius 2 is 1.57 bits per heavy atom. The van der Waals surface area contributed by atoms with Crippen LogP contribution >= 0.6 is 0 Å². The van der Waals surface area contributed by atoms with Crippen LogP contribution in [0.15, 0.2) is 42.7 Å². The Hall–Kier alpha value is -2.67. The lowest BCUT2D eigenvalue weighted by Gasteiger charge is -2.32. The molecule has 2 N–H and O–H groups in total. The lowest BCUT2D eigenvalue weighted by molar-refractivity contribution is 0.262. The summed E-state index contributed by atoms with van der Waals surface area (Å²) in [5.41, 5.74) is 1.30. The Kier molecular flexibility index (Phi) is 4.68. The number of nitrogens with one attached hydrogen (secondary N) is 2. The van der Waals surface area contributed by atoms with Crippen molar-refractivity contribution in [1.29, 1.82) is 0 Å². The first-order valence-electron chi connectivity index (χ1n) is 7.59. The van der Waals surface area contributed by atoms with Crippen LogP contribution in [0.2, 0.25) is 0 Å². The molecule has 0 radical (unpaired) electrons. The van der Waals surface area contributed by atoms with Gasteiger partial charge in [-0.2, -0.15) is 0 Å². The fraction of sp³-hybridized carbons (Fsp3) is 0.312. The second-order valence-electron chi connectivity index (χ2n) is 5.51. The molecule has 0 spiro atoms. The normalized spacial score (nSPS) is 15.3. The van der Waals surface area contributed by atoms with E-state index in [4.69, 9.17) is 0 Å². The van der Waals surface area contributed by atoms with Crippen molar-refractivity contribution >= 4 is 23.4 Å². The minimum absolute atomic E-state index is 0.313. The molecule has 0 bridgehead atoms. The number of anilines is 3. The van der Waals surface area contributed by atoms with Crippen molar-refractivity contribution in [3.63, 3.8) is 0 Å². The number of rotatable bonds is 3. The second kappa shape index (κ2) is 7.06. The quantitative estimate of drug-likeness (QED) is 0.905. The predicted molar refractivity (Wildman–Crippen MR) is 90.8 cm³/mol. The van der Waals surface area contributed by atoms with Crippen molar-refractivity contribution in [1.82, 2.24) is 14.9 Å². The number of likely N-dealkylation sites (N-methyl/N-ethyl adjacent to an activating group) is 1. The number of aromatic nitrogens is 2. The Labute approximate surface area is 135 Å². The fourth-order valence-corrected chi connectivity index (χ4v) is 2.37. The van der Waals surface area contributed by atoms with Crippen molar-refractivity contribution in [3.8, 4) is 0 Å². The molecule has 1 aliphatic heterocycles. The minimum atomic E-state index is -0.313. The van der Waals surface area contributed by atoms with Crippen LogP contribution < -0.4 is 15.5 Å². The molecule has 0 unspecified atom stereocenters. The van der Waals surface area contributed by atoms with Gasteiger partial charge in [0.05, 0.1) is 18.1 Å². The van der Waals surface area contributed by atoms with Crippen LogP contribution in [0, 0.1) is 0 Å². The van der Waals surface area contributed by atoms with E-state index < -0.39 is 0 Å². The lowest BCUT2D eigenvalue weighted by Crippen LogP contribution is -2.45. The highest BCUT2D eigenvalue weighted by molar-refractivity contribution is 5.99. The fourth-order valence-electron chi connectivity index (χ4n) is 2.37. The monoisotopic (exact) mass is 312 g/mol. The number of para-hydroxylation sites is 1. The largest absolute Gasteiger partial charge is 0.338 e. The topological polar surface area (TPSA) is 73.4 Å². The first-order valence-corrected chi connectivity index (χ1v) is 7.59. The molecule has 3 rings (SSSR count). The van der Waals surface area contributed by atoms with Gasteiger partial charge >= 0.3 is 6.03 Å². The molecule has 0 saturated carbocycles. The summed E-state index contributed by atoms with van der Waals surface area (Å²) in [5.74, 6) is 0.701. The number of urea groups is 1. The van der Waals surface area contributed by atoms with E-state index in [-0.39, 0.29) is 6.03 Å². The number of carbonyl (C=O) groups excluding carboxylic acids is 1. The first kappa shape index (κ1) is 15.2. The van der Waals surface area contributed by atoms with Crippen molar-refractivity contribution in [2.24, 2.45) is 0 Å². The standard InChI is InChI=1S/C16H20N6O/c1-21-7-9-22(10-8-21)15-17-11-14(12-18-15)20-16(23)19-13-5-3-2-4-6-13/h2-6,11-12H,7-10H2,1H3,(H2,19,20,23). The highest BCUT2D eigenvalue weighted by Crippen LogP contribution is 2.13. The summed E-state index contributed by atoms with van der Waals surface area (Å²) >= 11 is 0. The summed E-state index contributed by atoms with van der Waals surface area (Å²) in [6.07, 6.45) is 3.26. The van der Waals surface area contributed by atoms with E-state index in [9.17, 15) is 4.79 Å². The molecule has 1 aromatic carbocycles. The van der Waals surface area contributed by atoms with Crippen LogP contribution in [0.25, 0.3) is 0 Å². The van der Waals surface area contributed by atoms with E-state index in [1.54, 1.807) is 12.4 Å². The van der Waals surface area contributed by atoms with E-state index in [0.29, 0.717) is 11.6 Å². The molecule has 1 aliphatic rings. The molecule has 1 aromatic heterocycles. The number of benzene rings is 1. The number of amides is 2. The van der Waals surface area contributed by atoms with Crippen LogP contribution in [0.4, 0.5) is 22.1 Å². The van der Waals surface area contributed by atoms with Gasteiger partial charge in [0, 0.05) is 31.9 Å². The maximum atomic E-state index is 11.9. The Morgan fingerprint density at radius 1 is 0.957 bits per heavy atom. The zero-order valence-electron chi connectivity index (χ0n) is 13.1. The second-order valence-corrected chi connectivity index (χ2v) is 5.51. The average Bonchev–Trinajstić information content (AvgIpc) is 2.57. The first-order chi connectivity index (χ1) is 11.2. The molecule has 7 nitrogen and oxygen atoms in total. The van der Waals surface area contributed by atoms with E-state index in [2.05, 4.69) is 37.4 Å². The molecule has 2 heterocycles. The molecule has 0 aliphatic carbocycles. The molecular weight excluding hydrogens is 292 g/mol. The van der Waals surface area contributed by atoms with Gasteiger partial charge in [-0.15, -0.1) is 0 Å². The number of nitrogens with zero attached hydrogens (tertiary/aromatic N) is 4. The molecule has 1 fully saturated rings. The van der Waals surface area contributed by atoms with Gasteiger partial charge in [0.25, 0.3) is 0 Å². The number of hydrogen-bond donors (Lipinski definition) is 2. The van der Waals surface area contributed by atoms with Gasteiger partial charge in [0.2, 0.25) is 5.95 Å². The van der Waals surface area contributed by atoms with Crippen molar-refractivity contribution in [3.05, 3.63) is 42.7 Å². The summed E-state index contributed by atoms with van der Waals surface area (Å²) in [6, 6.07) is 8.97. The molecule has 2 amide bonds. The highest BCUT2D eigenvalue weighted by atomic mass is 16.2. The molecule has 2 aromatic rings. The third kappa shape index (κ3) is 4.17. The summed E-state index contributed by atoms with van der Waals surface area (Å²) in [5, 5.41) is 5.48. The van der Waals surface area contributed by atoms with Gasteiger partial charge in [0.15, 0.2) is 0 Å². The Balaban J connectivity index is 1.56. The average molecular weight is 312 g/mol. The minimum Gasteiger partial charge on any atom is -0.338 e. The summed E-state index contributed by atoms with van der Waals surface area (Å²) in [7, 11) is 2.11. The van der Waals surface area contributed by atoms with Crippen LogP contribution in [0.3, 0.4) is 0 Å². The van der Waals surface area contributed by atoms with Crippen LogP contribution in [-0.2, 0) is 0 Å². The van der Waals surface area contributed by atoms with Crippen LogP contribution in [0.1, 0.15) is 0 Å². The maximum Gasteiger partial charge on any atom is 0.323 e. The predicted octanol–water partition coefficient (Wildman–Crippen LogP) is 1.87. The summed E-state index contributed by atoms with van der Waals surface area (Å²) < 4.78 is 0. The van der Waals surface area contributed by atoms with Gasteiger partial charge in [-0.3, -0.25) is 0 Å². The zero-order valence-corrected chi connectivity index (χ0v) is 13.1. The zero-order chi connectivity index (χ0) is 16.1. The van der Waals surface area contributed by atoms with E-state index >= 15 is 0 Å². The van der Waals surface area contributed by atoms with Gasteiger partial charge in [-0.05, 0) is 19.2 Å². The van der Waals surface area contributed by atoms with Gasteiger partial charge in [0.1, 0.15) is 0 Å².